The number of carbonyl (C=O) groups excluding carboxylic acids is 2. The van der Waals surface area contributed by atoms with Gasteiger partial charge in [-0.05, 0) is 68.4 Å². The molecule has 0 spiro atoms. The SMILES string of the molecule is CC(=O)c1cccc(C=C(CNC(=O)OCC2c3ccccc3-c3ccccc32)B2OC(C)(C)C(C)(C)O2)c1F. The zero-order valence-electron chi connectivity index (χ0n) is 23.4. The molecule has 0 radical (unpaired) electrons. The predicted molar refractivity (Wildman–Crippen MR) is 154 cm³/mol. The number of halogens is 1. The Morgan fingerprint density at radius 2 is 1.50 bits per heavy atom. The third-order valence-electron chi connectivity index (χ3n) is 8.09. The minimum absolute atomic E-state index is 0.00274. The van der Waals surface area contributed by atoms with Crippen LogP contribution in [0.3, 0.4) is 0 Å². The van der Waals surface area contributed by atoms with E-state index >= 15 is 4.39 Å². The van der Waals surface area contributed by atoms with E-state index in [1.165, 1.54) is 13.0 Å². The van der Waals surface area contributed by atoms with E-state index in [0.29, 0.717) is 5.47 Å². The zero-order valence-corrected chi connectivity index (χ0v) is 23.4. The predicted octanol–water partition coefficient (Wildman–Crippen LogP) is 6.58. The fraction of sp³-hybridized carbons (Fsp3) is 0.312. The molecule has 40 heavy (non-hydrogen) atoms. The minimum atomic E-state index is -0.834. The molecule has 6 nitrogen and oxygen atoms in total. The van der Waals surface area contributed by atoms with Crippen molar-refractivity contribution >= 4 is 25.1 Å². The lowest BCUT2D eigenvalue weighted by Gasteiger charge is -2.32. The van der Waals surface area contributed by atoms with Crippen molar-refractivity contribution in [3.8, 4) is 11.1 Å². The van der Waals surface area contributed by atoms with Crippen LogP contribution in [-0.4, -0.2) is 43.3 Å². The third-order valence-corrected chi connectivity index (χ3v) is 8.09. The van der Waals surface area contributed by atoms with E-state index in [4.69, 9.17) is 14.0 Å². The Hall–Kier alpha value is -3.75. The first kappa shape index (κ1) is 27.8. The monoisotopic (exact) mass is 541 g/mol. The summed E-state index contributed by atoms with van der Waals surface area (Å²) in [5.74, 6) is -1.08. The number of Topliss-reactive ketones (excluding diaryl/α,β-unsaturated/α-hetero) is 1. The Morgan fingerprint density at radius 1 is 0.925 bits per heavy atom. The fourth-order valence-corrected chi connectivity index (χ4v) is 5.15. The van der Waals surface area contributed by atoms with Gasteiger partial charge in [-0.3, -0.25) is 4.79 Å². The molecule has 1 heterocycles. The molecule has 0 bridgehead atoms. The molecule has 5 rings (SSSR count). The molecule has 0 unspecified atom stereocenters. The average molecular weight is 541 g/mol. The molecule has 1 amide bonds. The first-order valence-electron chi connectivity index (χ1n) is 13.4. The van der Waals surface area contributed by atoms with Crippen LogP contribution in [-0.2, 0) is 14.0 Å². The summed E-state index contributed by atoms with van der Waals surface area (Å²) < 4.78 is 33.2. The number of alkyl carbamates (subject to hydrolysis) is 1. The second kappa shape index (κ2) is 10.7. The maximum Gasteiger partial charge on any atom is 0.492 e. The van der Waals surface area contributed by atoms with E-state index in [1.54, 1.807) is 18.2 Å². The molecule has 1 fully saturated rings. The topological polar surface area (TPSA) is 73.9 Å². The van der Waals surface area contributed by atoms with Crippen molar-refractivity contribution in [1.29, 1.82) is 0 Å². The molecule has 1 aliphatic carbocycles. The summed E-state index contributed by atoms with van der Waals surface area (Å²) in [6.45, 7) is 9.16. The van der Waals surface area contributed by atoms with E-state index in [0.717, 1.165) is 22.3 Å². The molecular weight excluding hydrogens is 508 g/mol. The van der Waals surface area contributed by atoms with Crippen LogP contribution in [0.1, 0.15) is 67.6 Å². The van der Waals surface area contributed by atoms with Crippen LogP contribution in [0.25, 0.3) is 17.2 Å². The van der Waals surface area contributed by atoms with E-state index in [-0.39, 0.29) is 36.0 Å². The van der Waals surface area contributed by atoms with Gasteiger partial charge >= 0.3 is 13.2 Å². The van der Waals surface area contributed by atoms with Crippen LogP contribution in [0.2, 0.25) is 0 Å². The lowest BCUT2D eigenvalue weighted by Crippen LogP contribution is -2.41. The minimum Gasteiger partial charge on any atom is -0.449 e. The van der Waals surface area contributed by atoms with Crippen LogP contribution in [0, 0.1) is 5.82 Å². The number of hydrogen-bond donors (Lipinski definition) is 1. The molecule has 0 atom stereocenters. The number of ketones is 1. The van der Waals surface area contributed by atoms with E-state index in [2.05, 4.69) is 29.6 Å². The van der Waals surface area contributed by atoms with Gasteiger partial charge < -0.3 is 19.4 Å². The maximum absolute atomic E-state index is 15.2. The number of carbonyl (C=O) groups is 2. The lowest BCUT2D eigenvalue weighted by molar-refractivity contribution is 0.00578. The first-order chi connectivity index (χ1) is 19.0. The number of nitrogens with one attached hydrogen (secondary N) is 1. The average Bonchev–Trinajstić information content (AvgIpc) is 3.35. The highest BCUT2D eigenvalue weighted by atomic mass is 19.1. The van der Waals surface area contributed by atoms with Crippen LogP contribution < -0.4 is 5.32 Å². The number of rotatable bonds is 7. The molecule has 1 saturated heterocycles. The summed E-state index contributed by atoms with van der Waals surface area (Å²) in [5, 5.41) is 2.78. The number of amides is 1. The van der Waals surface area contributed by atoms with Gasteiger partial charge in [0.25, 0.3) is 0 Å². The number of benzene rings is 3. The molecule has 1 N–H and O–H groups in total. The highest BCUT2D eigenvalue weighted by Crippen LogP contribution is 2.44. The summed E-state index contributed by atoms with van der Waals surface area (Å²) in [7, 11) is -0.834. The molecule has 0 aromatic heterocycles. The standard InChI is InChI=1S/C32H33BFNO5/c1-20(36)23-16-10-11-21(29(23)34)17-22(33-39-31(2,3)32(4,5)40-33)18-35-30(37)38-19-28-26-14-8-6-12-24(26)25-13-7-9-15-27(25)28/h6-17,28H,18-19H2,1-5H3,(H,35,37). The van der Waals surface area contributed by atoms with Crippen molar-refractivity contribution in [1.82, 2.24) is 5.32 Å². The van der Waals surface area contributed by atoms with Gasteiger partial charge in [0, 0.05) is 18.0 Å². The molecule has 206 valence electrons. The molecule has 8 heteroatoms. The van der Waals surface area contributed by atoms with Crippen molar-refractivity contribution in [3.63, 3.8) is 0 Å². The van der Waals surface area contributed by atoms with Crippen molar-refractivity contribution < 1.29 is 28.0 Å². The summed E-state index contributed by atoms with van der Waals surface area (Å²) in [4.78, 5) is 24.8. The number of ether oxygens (including phenoxy) is 1. The first-order valence-corrected chi connectivity index (χ1v) is 13.4. The summed E-state index contributed by atoms with van der Waals surface area (Å²) in [5.41, 5.74) is 3.94. The molecule has 3 aromatic carbocycles. The van der Waals surface area contributed by atoms with Crippen molar-refractivity contribution in [2.45, 2.75) is 51.7 Å². The molecule has 0 saturated carbocycles. The van der Waals surface area contributed by atoms with Gasteiger partial charge in [0.15, 0.2) is 5.78 Å². The second-order valence-corrected chi connectivity index (χ2v) is 11.3. The lowest BCUT2D eigenvalue weighted by atomic mass is 9.77. The number of hydrogen-bond acceptors (Lipinski definition) is 5. The van der Waals surface area contributed by atoms with E-state index < -0.39 is 30.2 Å². The van der Waals surface area contributed by atoms with E-state index in [1.807, 2.05) is 52.0 Å². The Bertz CT molecular complexity index is 1440. The number of fused-ring (bicyclic) bond motifs is 3. The Balaban J connectivity index is 1.34. The summed E-state index contributed by atoms with van der Waals surface area (Å²) in [6, 6.07) is 20.9. The van der Waals surface area contributed by atoms with Gasteiger partial charge in [-0.2, -0.15) is 0 Å². The van der Waals surface area contributed by atoms with E-state index in [9.17, 15) is 9.59 Å². The largest absolute Gasteiger partial charge is 0.492 e. The Labute approximate surface area is 234 Å². The highest BCUT2D eigenvalue weighted by molar-refractivity contribution is 6.56. The van der Waals surface area contributed by atoms with Gasteiger partial charge in [0.2, 0.25) is 0 Å². The molecule has 2 aliphatic rings. The van der Waals surface area contributed by atoms with Crippen LogP contribution in [0.4, 0.5) is 9.18 Å². The van der Waals surface area contributed by atoms with Crippen molar-refractivity contribution in [3.05, 3.63) is 100 Å². The second-order valence-electron chi connectivity index (χ2n) is 11.3. The highest BCUT2D eigenvalue weighted by Gasteiger charge is 2.52. The summed E-state index contributed by atoms with van der Waals surface area (Å²) >= 11 is 0. The van der Waals surface area contributed by atoms with Crippen LogP contribution in [0.15, 0.2) is 72.2 Å². The maximum atomic E-state index is 15.2. The van der Waals surface area contributed by atoms with Crippen LogP contribution in [0.5, 0.6) is 0 Å². The van der Waals surface area contributed by atoms with Gasteiger partial charge in [-0.1, -0.05) is 66.7 Å². The molecule has 3 aromatic rings. The van der Waals surface area contributed by atoms with Crippen molar-refractivity contribution in [2.75, 3.05) is 13.2 Å². The zero-order chi connectivity index (χ0) is 28.7. The quantitative estimate of drug-likeness (QED) is 0.270. The van der Waals surface area contributed by atoms with Crippen LogP contribution >= 0.6 is 0 Å². The normalized spacial score (nSPS) is 17.4. The van der Waals surface area contributed by atoms with Gasteiger partial charge in [-0.25, -0.2) is 9.18 Å². The van der Waals surface area contributed by atoms with Crippen molar-refractivity contribution in [2.24, 2.45) is 0 Å². The Morgan fingerprint density at radius 3 is 2.08 bits per heavy atom. The molecular formula is C32H33BFNO5. The smallest absolute Gasteiger partial charge is 0.449 e. The van der Waals surface area contributed by atoms with Gasteiger partial charge in [0.1, 0.15) is 12.4 Å². The molecule has 1 aliphatic heterocycles. The van der Waals surface area contributed by atoms with Gasteiger partial charge in [-0.15, -0.1) is 0 Å². The fourth-order valence-electron chi connectivity index (χ4n) is 5.15. The Kier molecular flexibility index (Phi) is 7.42. The third kappa shape index (κ3) is 5.21. The van der Waals surface area contributed by atoms with Gasteiger partial charge in [0.05, 0.1) is 16.8 Å². The summed E-state index contributed by atoms with van der Waals surface area (Å²) in [6.07, 6.45) is 0.954.